The summed E-state index contributed by atoms with van der Waals surface area (Å²) in [4.78, 5) is 0. The first-order chi connectivity index (χ1) is 6.38. The van der Waals surface area contributed by atoms with Crippen LogP contribution in [0.25, 0.3) is 0 Å². The molecule has 0 atom stereocenters. The van der Waals surface area contributed by atoms with E-state index >= 15 is 0 Å². The lowest BCUT2D eigenvalue weighted by Gasteiger charge is -2.16. The molecule has 0 fully saturated rings. The number of fused-ring (bicyclic) bond motifs is 1. The Hall–Kier alpha value is -0.820. The number of unbranched alkanes of at least 4 members (excludes halogenated alkanes) is 1. The molecule has 1 nitrogen and oxygen atoms in total. The van der Waals surface area contributed by atoms with E-state index in [1.807, 2.05) is 0 Å². The van der Waals surface area contributed by atoms with Crippen molar-refractivity contribution in [1.82, 2.24) is 0 Å². The molecule has 1 aliphatic carbocycles. The van der Waals surface area contributed by atoms with Gasteiger partial charge in [0.2, 0.25) is 0 Å². The van der Waals surface area contributed by atoms with Gasteiger partial charge in [0.1, 0.15) is 0 Å². The minimum absolute atomic E-state index is 0.844. The van der Waals surface area contributed by atoms with Gasteiger partial charge in [-0.2, -0.15) is 0 Å². The lowest BCUT2D eigenvalue weighted by Crippen LogP contribution is -2.06. The topological polar surface area (TPSA) is 26.0 Å². The van der Waals surface area contributed by atoms with Crippen molar-refractivity contribution in [2.75, 3.05) is 6.54 Å². The van der Waals surface area contributed by atoms with Gasteiger partial charge in [-0.3, -0.25) is 0 Å². The summed E-state index contributed by atoms with van der Waals surface area (Å²) in [6.07, 6.45) is 4.99. The highest BCUT2D eigenvalue weighted by Gasteiger charge is 2.09. The number of nitrogens with two attached hydrogens (primary N) is 1. The average Bonchev–Trinajstić information content (AvgIpc) is 2.10. The molecule has 1 aromatic rings. The van der Waals surface area contributed by atoms with Crippen molar-refractivity contribution in [3.8, 4) is 0 Å². The fourth-order valence-electron chi connectivity index (χ4n) is 1.34. The Kier molecular flexibility index (Phi) is 4.55. The highest BCUT2D eigenvalue weighted by atomic mass is 14.5. The summed E-state index contributed by atoms with van der Waals surface area (Å²) >= 11 is 0. The summed E-state index contributed by atoms with van der Waals surface area (Å²) < 4.78 is 0. The third-order valence-corrected chi connectivity index (χ3v) is 2.34. The largest absolute Gasteiger partial charge is 0.330 e. The lowest BCUT2D eigenvalue weighted by molar-refractivity contribution is 0.807. The first-order valence-corrected chi connectivity index (χ1v) is 5.15. The fourth-order valence-corrected chi connectivity index (χ4v) is 1.34. The average molecular weight is 177 g/mol. The Morgan fingerprint density at radius 1 is 1.15 bits per heavy atom. The molecule has 0 saturated carbocycles. The van der Waals surface area contributed by atoms with Crippen LogP contribution in [0.2, 0.25) is 0 Å². The zero-order valence-electron chi connectivity index (χ0n) is 8.42. The zero-order valence-corrected chi connectivity index (χ0v) is 8.42. The first kappa shape index (κ1) is 10.3. The molecule has 2 N–H and O–H groups in total. The second-order valence-corrected chi connectivity index (χ2v) is 3.41. The van der Waals surface area contributed by atoms with Crippen LogP contribution < -0.4 is 5.73 Å². The molecule has 0 unspecified atom stereocenters. The number of hydrogen-bond donors (Lipinski definition) is 1. The monoisotopic (exact) mass is 177 g/mol. The van der Waals surface area contributed by atoms with Gasteiger partial charge in [-0.1, -0.05) is 37.6 Å². The second-order valence-electron chi connectivity index (χ2n) is 3.41. The maximum absolute atomic E-state index is 5.14. The van der Waals surface area contributed by atoms with Crippen LogP contribution in [0.3, 0.4) is 0 Å². The predicted molar refractivity (Wildman–Crippen MR) is 57.8 cm³/mol. The molecule has 13 heavy (non-hydrogen) atoms. The number of rotatable bonds is 2. The van der Waals surface area contributed by atoms with Crippen molar-refractivity contribution in [1.29, 1.82) is 0 Å². The van der Waals surface area contributed by atoms with E-state index in [1.165, 1.54) is 25.7 Å². The van der Waals surface area contributed by atoms with E-state index in [0.29, 0.717) is 0 Å². The van der Waals surface area contributed by atoms with Crippen LogP contribution in [0.1, 0.15) is 30.9 Å². The molecular weight excluding hydrogens is 158 g/mol. The SMILES string of the molecule is CCCCN.c1ccc2c(c1)CC2. The van der Waals surface area contributed by atoms with Crippen molar-refractivity contribution in [3.63, 3.8) is 0 Å². The van der Waals surface area contributed by atoms with Gasteiger partial charge >= 0.3 is 0 Å². The Morgan fingerprint density at radius 3 is 1.85 bits per heavy atom. The van der Waals surface area contributed by atoms with E-state index in [4.69, 9.17) is 5.73 Å². The van der Waals surface area contributed by atoms with E-state index < -0.39 is 0 Å². The van der Waals surface area contributed by atoms with Crippen LogP contribution in [0.5, 0.6) is 0 Å². The molecule has 0 saturated heterocycles. The van der Waals surface area contributed by atoms with Gasteiger partial charge < -0.3 is 5.73 Å². The van der Waals surface area contributed by atoms with E-state index in [1.54, 1.807) is 11.1 Å². The van der Waals surface area contributed by atoms with Crippen molar-refractivity contribution in [2.45, 2.75) is 32.6 Å². The summed E-state index contributed by atoms with van der Waals surface area (Å²) in [5.41, 5.74) is 8.24. The minimum atomic E-state index is 0.844. The minimum Gasteiger partial charge on any atom is -0.330 e. The molecular formula is C12H19N. The first-order valence-electron chi connectivity index (χ1n) is 5.15. The molecule has 1 aliphatic rings. The lowest BCUT2D eigenvalue weighted by atomic mass is 9.89. The second kappa shape index (κ2) is 5.76. The van der Waals surface area contributed by atoms with Gasteiger partial charge in [-0.25, -0.2) is 0 Å². The Labute approximate surface area is 81.0 Å². The smallest absolute Gasteiger partial charge is 0.00774 e. The van der Waals surface area contributed by atoms with Gasteiger partial charge in [0.25, 0.3) is 0 Å². The molecule has 1 aromatic carbocycles. The van der Waals surface area contributed by atoms with Gasteiger partial charge in [0.05, 0.1) is 0 Å². The molecule has 0 aromatic heterocycles. The quantitative estimate of drug-likeness (QED) is 0.738. The van der Waals surface area contributed by atoms with E-state index in [0.717, 1.165) is 6.54 Å². The highest BCUT2D eigenvalue weighted by molar-refractivity contribution is 5.34. The number of aryl methyl sites for hydroxylation is 2. The van der Waals surface area contributed by atoms with Crippen molar-refractivity contribution >= 4 is 0 Å². The molecule has 0 bridgehead atoms. The Bertz CT molecular complexity index is 218. The third-order valence-electron chi connectivity index (χ3n) is 2.34. The third kappa shape index (κ3) is 3.19. The van der Waals surface area contributed by atoms with Crippen LogP contribution >= 0.6 is 0 Å². The summed E-state index contributed by atoms with van der Waals surface area (Å²) in [6, 6.07) is 8.63. The Morgan fingerprint density at radius 2 is 1.69 bits per heavy atom. The molecule has 0 radical (unpaired) electrons. The number of hydrogen-bond acceptors (Lipinski definition) is 1. The number of benzene rings is 1. The van der Waals surface area contributed by atoms with Crippen LogP contribution in [-0.4, -0.2) is 6.54 Å². The normalized spacial score (nSPS) is 12.2. The maximum atomic E-state index is 5.14. The highest BCUT2D eigenvalue weighted by Crippen LogP contribution is 2.20. The maximum Gasteiger partial charge on any atom is -0.00774 e. The van der Waals surface area contributed by atoms with Crippen LogP contribution in [0, 0.1) is 0 Å². The summed E-state index contributed by atoms with van der Waals surface area (Å²) in [7, 11) is 0. The van der Waals surface area contributed by atoms with Crippen molar-refractivity contribution < 1.29 is 0 Å². The summed E-state index contributed by atoms with van der Waals surface area (Å²) in [5, 5.41) is 0. The summed E-state index contributed by atoms with van der Waals surface area (Å²) in [6.45, 7) is 2.98. The van der Waals surface area contributed by atoms with E-state index in [-0.39, 0.29) is 0 Å². The molecule has 0 spiro atoms. The standard InChI is InChI=1S/C8H8.C4H11N/c1-2-4-8-6-5-7(8)3-1;1-2-3-4-5/h1-4H,5-6H2;2-5H2,1H3. The van der Waals surface area contributed by atoms with Crippen molar-refractivity contribution in [3.05, 3.63) is 35.4 Å². The summed E-state index contributed by atoms with van der Waals surface area (Å²) in [5.74, 6) is 0. The van der Waals surface area contributed by atoms with Gasteiger partial charge in [0, 0.05) is 0 Å². The van der Waals surface area contributed by atoms with Crippen LogP contribution in [0.4, 0.5) is 0 Å². The van der Waals surface area contributed by atoms with Crippen LogP contribution in [0.15, 0.2) is 24.3 Å². The van der Waals surface area contributed by atoms with Gasteiger partial charge in [-0.05, 0) is 36.9 Å². The van der Waals surface area contributed by atoms with Gasteiger partial charge in [-0.15, -0.1) is 0 Å². The Balaban J connectivity index is 0.000000149. The fraction of sp³-hybridized carbons (Fsp3) is 0.500. The molecule has 0 amide bonds. The molecule has 0 aliphatic heterocycles. The predicted octanol–water partition coefficient (Wildman–Crippen LogP) is 2.53. The van der Waals surface area contributed by atoms with Gasteiger partial charge in [0.15, 0.2) is 0 Å². The van der Waals surface area contributed by atoms with E-state index in [2.05, 4.69) is 31.2 Å². The molecule has 0 heterocycles. The molecule has 72 valence electrons. The molecule has 2 rings (SSSR count). The van der Waals surface area contributed by atoms with Crippen LogP contribution in [-0.2, 0) is 12.8 Å². The van der Waals surface area contributed by atoms with Crippen molar-refractivity contribution in [2.24, 2.45) is 5.73 Å². The zero-order chi connectivity index (χ0) is 9.52. The van der Waals surface area contributed by atoms with E-state index in [9.17, 15) is 0 Å². The molecule has 1 heteroatoms.